The number of carbonyl (C=O) groups excluding carboxylic acids is 3. The lowest BCUT2D eigenvalue weighted by Gasteiger charge is -2.27. The Labute approximate surface area is 149 Å². The van der Waals surface area contributed by atoms with Crippen molar-refractivity contribution in [3.05, 3.63) is 0 Å². The molecule has 2 aliphatic heterocycles. The lowest BCUT2D eigenvalue weighted by Crippen LogP contribution is -2.45. The van der Waals surface area contributed by atoms with Crippen LogP contribution in [0.3, 0.4) is 0 Å². The van der Waals surface area contributed by atoms with E-state index >= 15 is 0 Å². The summed E-state index contributed by atoms with van der Waals surface area (Å²) in [5.74, 6) is -0.680. The number of nitrogens with one attached hydrogen (secondary N) is 1. The molecular formula is C15H29ClN4O4. The fraction of sp³-hybridized carbons (Fsp3) is 0.800. The van der Waals surface area contributed by atoms with Crippen molar-refractivity contribution in [3.63, 3.8) is 0 Å². The monoisotopic (exact) mass is 364 g/mol. The van der Waals surface area contributed by atoms with E-state index in [4.69, 9.17) is 16.2 Å². The number of nitrogens with zero attached hydrogens (tertiary/aromatic N) is 1. The van der Waals surface area contributed by atoms with Gasteiger partial charge in [0.1, 0.15) is 11.6 Å². The third-order valence-corrected chi connectivity index (χ3v) is 3.61. The van der Waals surface area contributed by atoms with Crippen LogP contribution >= 0.6 is 12.4 Å². The molecule has 0 saturated carbocycles. The first-order valence-electron chi connectivity index (χ1n) is 7.93. The Morgan fingerprint density at radius 1 is 1.08 bits per heavy atom. The molecule has 0 aliphatic carbocycles. The molecule has 0 unspecified atom stereocenters. The van der Waals surface area contributed by atoms with E-state index in [2.05, 4.69) is 5.32 Å². The number of hydrogen-bond acceptors (Lipinski definition) is 5. The third kappa shape index (κ3) is 7.35. The lowest BCUT2D eigenvalue weighted by molar-refractivity contribution is -0.122. The minimum Gasteiger partial charge on any atom is -0.444 e. The van der Waals surface area contributed by atoms with Gasteiger partial charge in [-0.1, -0.05) is 0 Å². The Bertz CT molecular complexity index is 447. The Morgan fingerprint density at radius 3 is 2.08 bits per heavy atom. The molecule has 140 valence electrons. The summed E-state index contributed by atoms with van der Waals surface area (Å²) in [5, 5.41) is 2.98. The van der Waals surface area contributed by atoms with Gasteiger partial charge < -0.3 is 21.5 Å². The van der Waals surface area contributed by atoms with Crippen molar-refractivity contribution in [1.82, 2.24) is 10.2 Å². The highest BCUT2D eigenvalue weighted by Crippen LogP contribution is 2.20. The SMILES string of the molecule is CC(C)(C)OC(=O)N1CCC[C@H]1C(N)=O.Cl.NC(=O)[C@@H]1CCCN1. The van der Waals surface area contributed by atoms with E-state index < -0.39 is 23.6 Å². The van der Waals surface area contributed by atoms with E-state index in [0.29, 0.717) is 13.0 Å². The first-order valence-corrected chi connectivity index (χ1v) is 7.93. The van der Waals surface area contributed by atoms with Crippen molar-refractivity contribution in [2.45, 2.75) is 64.1 Å². The van der Waals surface area contributed by atoms with Crippen LogP contribution in [-0.4, -0.2) is 53.6 Å². The first-order chi connectivity index (χ1) is 10.6. The number of halogens is 1. The number of ether oxygens (including phenoxy) is 1. The van der Waals surface area contributed by atoms with Gasteiger partial charge in [0, 0.05) is 6.54 Å². The molecule has 2 aliphatic rings. The summed E-state index contributed by atoms with van der Waals surface area (Å²) < 4.78 is 5.18. The van der Waals surface area contributed by atoms with E-state index in [0.717, 1.165) is 25.8 Å². The molecule has 2 atom stereocenters. The standard InChI is InChI=1S/C10H18N2O3.C5H10N2O.ClH/c1-10(2,3)15-9(14)12-6-4-5-7(12)8(11)13;6-5(8)4-2-1-3-7-4;/h7H,4-6H2,1-3H3,(H2,11,13);4,7H,1-3H2,(H2,6,8);1H/t7-;4-;/m00./s1. The van der Waals surface area contributed by atoms with Crippen molar-refractivity contribution < 1.29 is 19.1 Å². The Kier molecular flexibility index (Phi) is 9.06. The van der Waals surface area contributed by atoms with Gasteiger partial charge in [-0.05, 0) is 53.0 Å². The molecule has 3 amide bonds. The predicted octanol–water partition coefficient (Wildman–Crippen LogP) is 0.517. The van der Waals surface area contributed by atoms with Gasteiger partial charge in [-0.25, -0.2) is 4.79 Å². The summed E-state index contributed by atoms with van der Waals surface area (Å²) in [5.41, 5.74) is 9.66. The summed E-state index contributed by atoms with van der Waals surface area (Å²) in [4.78, 5) is 34.5. The van der Waals surface area contributed by atoms with Gasteiger partial charge in [-0.2, -0.15) is 0 Å². The van der Waals surface area contributed by atoms with Crippen LogP contribution in [0.25, 0.3) is 0 Å². The zero-order chi connectivity index (χ0) is 17.6. The second-order valence-electron chi connectivity index (χ2n) is 6.79. The van der Waals surface area contributed by atoms with E-state index in [9.17, 15) is 14.4 Å². The highest BCUT2D eigenvalue weighted by atomic mass is 35.5. The fourth-order valence-electron chi connectivity index (χ4n) is 2.53. The van der Waals surface area contributed by atoms with Gasteiger partial charge in [0.25, 0.3) is 0 Å². The summed E-state index contributed by atoms with van der Waals surface area (Å²) in [7, 11) is 0. The van der Waals surface area contributed by atoms with Crippen molar-refractivity contribution in [2.24, 2.45) is 11.5 Å². The normalized spacial score (nSPS) is 22.9. The van der Waals surface area contributed by atoms with E-state index in [1.165, 1.54) is 4.90 Å². The molecule has 5 N–H and O–H groups in total. The van der Waals surface area contributed by atoms with Crippen LogP contribution in [-0.2, 0) is 14.3 Å². The van der Waals surface area contributed by atoms with Crippen LogP contribution in [0, 0.1) is 0 Å². The molecule has 2 fully saturated rings. The maximum Gasteiger partial charge on any atom is 0.410 e. The largest absolute Gasteiger partial charge is 0.444 e. The molecule has 0 radical (unpaired) electrons. The molecule has 0 aromatic rings. The minimum atomic E-state index is -0.540. The summed E-state index contributed by atoms with van der Waals surface area (Å²) in [6.45, 7) is 6.86. The average Bonchev–Trinajstić information content (AvgIpc) is 3.09. The molecule has 0 bridgehead atoms. The van der Waals surface area contributed by atoms with Gasteiger partial charge in [-0.3, -0.25) is 14.5 Å². The summed E-state index contributed by atoms with van der Waals surface area (Å²) in [6.07, 6.45) is 2.97. The Morgan fingerprint density at radius 2 is 1.71 bits per heavy atom. The van der Waals surface area contributed by atoms with Crippen molar-refractivity contribution in [2.75, 3.05) is 13.1 Å². The molecule has 9 heteroatoms. The van der Waals surface area contributed by atoms with Crippen LogP contribution in [0.5, 0.6) is 0 Å². The van der Waals surface area contributed by atoms with Crippen LogP contribution in [0.1, 0.15) is 46.5 Å². The van der Waals surface area contributed by atoms with Crippen LogP contribution in [0.4, 0.5) is 4.79 Å². The highest BCUT2D eigenvalue weighted by molar-refractivity contribution is 5.85. The van der Waals surface area contributed by atoms with Gasteiger partial charge in [-0.15, -0.1) is 12.4 Å². The van der Waals surface area contributed by atoms with Crippen LogP contribution in [0.15, 0.2) is 0 Å². The number of likely N-dealkylation sites (tertiary alicyclic amines) is 1. The number of carbonyl (C=O) groups is 3. The Hall–Kier alpha value is -1.54. The zero-order valence-electron chi connectivity index (χ0n) is 14.5. The van der Waals surface area contributed by atoms with Crippen LogP contribution < -0.4 is 16.8 Å². The second kappa shape index (κ2) is 9.68. The first kappa shape index (κ1) is 22.5. The minimum absolute atomic E-state index is 0. The summed E-state index contributed by atoms with van der Waals surface area (Å²) in [6, 6.07) is -0.546. The third-order valence-electron chi connectivity index (χ3n) is 3.61. The summed E-state index contributed by atoms with van der Waals surface area (Å²) >= 11 is 0. The van der Waals surface area contributed by atoms with E-state index in [1.54, 1.807) is 20.8 Å². The second-order valence-corrected chi connectivity index (χ2v) is 6.79. The molecule has 0 aromatic carbocycles. The molecule has 2 heterocycles. The van der Waals surface area contributed by atoms with Gasteiger partial charge in [0.15, 0.2) is 0 Å². The van der Waals surface area contributed by atoms with E-state index in [-0.39, 0.29) is 24.4 Å². The molecule has 0 aromatic heterocycles. The predicted molar refractivity (Wildman–Crippen MR) is 92.6 cm³/mol. The number of primary amides is 2. The quantitative estimate of drug-likeness (QED) is 0.658. The smallest absolute Gasteiger partial charge is 0.410 e. The maximum atomic E-state index is 11.7. The number of hydrogen-bond donors (Lipinski definition) is 3. The van der Waals surface area contributed by atoms with Crippen molar-refractivity contribution in [3.8, 4) is 0 Å². The molecule has 24 heavy (non-hydrogen) atoms. The highest BCUT2D eigenvalue weighted by Gasteiger charge is 2.35. The molecule has 0 spiro atoms. The lowest BCUT2D eigenvalue weighted by atomic mass is 10.2. The average molecular weight is 365 g/mol. The fourth-order valence-corrected chi connectivity index (χ4v) is 2.53. The number of rotatable bonds is 2. The molecule has 8 nitrogen and oxygen atoms in total. The van der Waals surface area contributed by atoms with E-state index in [1.807, 2.05) is 0 Å². The van der Waals surface area contributed by atoms with Gasteiger partial charge >= 0.3 is 6.09 Å². The number of amides is 3. The molecular weight excluding hydrogens is 336 g/mol. The Balaban J connectivity index is 0.000000498. The van der Waals surface area contributed by atoms with Gasteiger partial charge in [0.05, 0.1) is 6.04 Å². The van der Waals surface area contributed by atoms with Gasteiger partial charge in [0.2, 0.25) is 11.8 Å². The topological polar surface area (TPSA) is 128 Å². The maximum absolute atomic E-state index is 11.7. The molecule has 2 saturated heterocycles. The molecule has 2 rings (SSSR count). The zero-order valence-corrected chi connectivity index (χ0v) is 15.4. The van der Waals surface area contributed by atoms with Crippen molar-refractivity contribution >= 4 is 30.3 Å². The van der Waals surface area contributed by atoms with Crippen molar-refractivity contribution in [1.29, 1.82) is 0 Å². The number of nitrogens with two attached hydrogens (primary N) is 2. The van der Waals surface area contributed by atoms with Crippen LogP contribution in [0.2, 0.25) is 0 Å².